The first kappa shape index (κ1) is 13.6. The minimum atomic E-state index is 0.604. The Balaban J connectivity index is 2.08. The summed E-state index contributed by atoms with van der Waals surface area (Å²) in [7, 11) is 0. The summed E-state index contributed by atoms with van der Waals surface area (Å²) in [5.41, 5.74) is 8.52. The number of rotatable bonds is 1. The molecule has 0 atom stereocenters. The summed E-state index contributed by atoms with van der Waals surface area (Å²) in [6.07, 6.45) is 4.72. The van der Waals surface area contributed by atoms with Gasteiger partial charge in [0.25, 0.3) is 0 Å². The van der Waals surface area contributed by atoms with E-state index in [4.69, 9.17) is 0 Å². The van der Waals surface area contributed by atoms with Crippen LogP contribution in [0, 0.1) is 5.92 Å². The van der Waals surface area contributed by atoms with Gasteiger partial charge in [0.05, 0.1) is 0 Å². The van der Waals surface area contributed by atoms with Crippen LogP contribution < -0.4 is 10.6 Å². The summed E-state index contributed by atoms with van der Waals surface area (Å²) in [6, 6.07) is 4.75. The number of benzene rings is 1. The van der Waals surface area contributed by atoms with E-state index in [-0.39, 0.29) is 0 Å². The molecule has 0 bridgehead atoms. The van der Waals surface area contributed by atoms with Gasteiger partial charge in [-0.25, -0.2) is 0 Å². The van der Waals surface area contributed by atoms with E-state index in [1.54, 1.807) is 0 Å². The molecule has 106 valence electrons. The van der Waals surface area contributed by atoms with Gasteiger partial charge in [0, 0.05) is 26.2 Å². The summed E-state index contributed by atoms with van der Waals surface area (Å²) in [5, 5.41) is 7.07. The van der Waals surface area contributed by atoms with Crippen molar-refractivity contribution in [3.63, 3.8) is 0 Å². The number of hydrogen-bond donors (Lipinski definition) is 2. The molecular formula is C18H24N2. The highest BCUT2D eigenvalue weighted by Crippen LogP contribution is 2.26. The van der Waals surface area contributed by atoms with Gasteiger partial charge in [0.15, 0.2) is 0 Å². The third kappa shape index (κ3) is 2.72. The lowest BCUT2D eigenvalue weighted by Crippen LogP contribution is -2.17. The Kier molecular flexibility index (Phi) is 3.77. The smallest absolute Gasteiger partial charge is 0.0214 e. The van der Waals surface area contributed by atoms with Crippen LogP contribution in [0.2, 0.25) is 0 Å². The van der Waals surface area contributed by atoms with Crippen LogP contribution >= 0.6 is 0 Å². The van der Waals surface area contributed by atoms with Gasteiger partial charge in [0.2, 0.25) is 0 Å². The first-order valence-corrected chi connectivity index (χ1v) is 7.58. The molecule has 2 aliphatic heterocycles. The molecule has 0 aromatic heterocycles. The predicted octanol–water partition coefficient (Wildman–Crippen LogP) is 3.34. The molecule has 0 spiro atoms. The summed E-state index contributed by atoms with van der Waals surface area (Å²) < 4.78 is 0. The molecule has 0 aliphatic carbocycles. The molecule has 3 rings (SSSR count). The van der Waals surface area contributed by atoms with Crippen molar-refractivity contribution in [1.29, 1.82) is 0 Å². The van der Waals surface area contributed by atoms with Crippen molar-refractivity contribution < 1.29 is 0 Å². The molecule has 0 amide bonds. The molecule has 1 aromatic carbocycles. The Labute approximate surface area is 122 Å². The number of hydrogen-bond acceptors (Lipinski definition) is 2. The van der Waals surface area contributed by atoms with Gasteiger partial charge in [0.1, 0.15) is 0 Å². The van der Waals surface area contributed by atoms with Crippen molar-refractivity contribution in [3.8, 4) is 0 Å². The summed E-state index contributed by atoms with van der Waals surface area (Å²) in [5.74, 6) is 0.604. The van der Waals surface area contributed by atoms with E-state index in [1.807, 2.05) is 0 Å². The van der Waals surface area contributed by atoms with Gasteiger partial charge in [-0.15, -0.1) is 0 Å². The third-order valence-electron chi connectivity index (χ3n) is 4.25. The average molecular weight is 268 g/mol. The van der Waals surface area contributed by atoms with E-state index in [2.05, 4.69) is 55.7 Å². The fourth-order valence-corrected chi connectivity index (χ4v) is 2.98. The van der Waals surface area contributed by atoms with Crippen LogP contribution in [-0.4, -0.2) is 13.1 Å². The van der Waals surface area contributed by atoms with Gasteiger partial charge in [-0.1, -0.05) is 37.1 Å². The van der Waals surface area contributed by atoms with Crippen LogP contribution in [0.25, 0.3) is 12.2 Å². The maximum Gasteiger partial charge on any atom is 0.0214 e. The molecule has 2 N–H and O–H groups in total. The zero-order valence-electron chi connectivity index (χ0n) is 12.7. The van der Waals surface area contributed by atoms with E-state index in [0.717, 1.165) is 26.2 Å². The van der Waals surface area contributed by atoms with Crippen molar-refractivity contribution in [2.24, 2.45) is 5.92 Å². The van der Waals surface area contributed by atoms with E-state index in [1.165, 1.54) is 33.4 Å². The molecule has 20 heavy (non-hydrogen) atoms. The highest BCUT2D eigenvalue weighted by molar-refractivity contribution is 5.66. The Morgan fingerprint density at radius 3 is 2.10 bits per heavy atom. The Morgan fingerprint density at radius 1 is 0.850 bits per heavy atom. The van der Waals surface area contributed by atoms with Crippen molar-refractivity contribution in [2.45, 2.75) is 33.9 Å². The van der Waals surface area contributed by atoms with Gasteiger partial charge >= 0.3 is 0 Å². The van der Waals surface area contributed by atoms with Crippen molar-refractivity contribution in [2.75, 3.05) is 13.1 Å². The summed E-state index contributed by atoms with van der Waals surface area (Å²) in [4.78, 5) is 0. The fourth-order valence-electron chi connectivity index (χ4n) is 2.98. The van der Waals surface area contributed by atoms with E-state index < -0.39 is 0 Å². The van der Waals surface area contributed by atoms with Crippen molar-refractivity contribution in [3.05, 3.63) is 45.5 Å². The highest BCUT2D eigenvalue weighted by Gasteiger charge is 2.14. The molecule has 2 nitrogen and oxygen atoms in total. The van der Waals surface area contributed by atoms with Gasteiger partial charge < -0.3 is 10.6 Å². The van der Waals surface area contributed by atoms with Gasteiger partial charge in [-0.2, -0.15) is 0 Å². The first-order valence-electron chi connectivity index (χ1n) is 7.58. The van der Waals surface area contributed by atoms with Crippen LogP contribution in [0.5, 0.6) is 0 Å². The number of fused-ring (bicyclic) bond motifs is 2. The lowest BCUT2D eigenvalue weighted by Gasteiger charge is -2.11. The largest absolute Gasteiger partial charge is 0.309 e. The molecule has 0 fully saturated rings. The fraction of sp³-hybridized carbons (Fsp3) is 0.444. The van der Waals surface area contributed by atoms with E-state index >= 15 is 0 Å². The Bertz CT molecular complexity index is 579. The zero-order valence-corrected chi connectivity index (χ0v) is 12.7. The van der Waals surface area contributed by atoms with Crippen molar-refractivity contribution in [1.82, 2.24) is 10.6 Å². The second kappa shape index (κ2) is 5.55. The summed E-state index contributed by atoms with van der Waals surface area (Å²) >= 11 is 0. The molecule has 2 heteroatoms. The molecule has 0 saturated heterocycles. The van der Waals surface area contributed by atoms with Crippen LogP contribution in [0.4, 0.5) is 0 Å². The molecule has 1 aromatic rings. The van der Waals surface area contributed by atoms with Crippen LogP contribution in [0.1, 0.15) is 43.0 Å². The molecule has 0 saturated carbocycles. The Hall–Kier alpha value is -1.38. The van der Waals surface area contributed by atoms with Crippen LogP contribution in [0.15, 0.2) is 23.3 Å². The quantitative estimate of drug-likeness (QED) is 0.816. The first-order chi connectivity index (χ1) is 9.63. The van der Waals surface area contributed by atoms with E-state index in [0.29, 0.717) is 5.92 Å². The zero-order chi connectivity index (χ0) is 14.1. The van der Waals surface area contributed by atoms with E-state index in [9.17, 15) is 0 Å². The number of nitrogens with one attached hydrogen (secondary N) is 2. The molecule has 2 aliphatic rings. The second-order valence-electron chi connectivity index (χ2n) is 6.32. The topological polar surface area (TPSA) is 24.1 Å². The highest BCUT2D eigenvalue weighted by atomic mass is 14.9. The molecular weight excluding hydrogens is 244 g/mol. The normalized spacial score (nSPS) is 18.6. The standard InChI is InChI=1S/C18H24N2/c1-12(2)16-5-15-7-17-10-19-8-13(3)4-14(17)6-18(15)11-20-9-16/h4-7,12,19-20H,8-11H2,1-3H3. The van der Waals surface area contributed by atoms with Crippen molar-refractivity contribution >= 4 is 12.2 Å². The van der Waals surface area contributed by atoms with Gasteiger partial charge in [-0.05, 0) is 47.2 Å². The van der Waals surface area contributed by atoms with Crippen LogP contribution in [-0.2, 0) is 13.1 Å². The maximum atomic E-state index is 3.56. The predicted molar refractivity (Wildman–Crippen MR) is 86.3 cm³/mol. The molecule has 2 heterocycles. The summed E-state index contributed by atoms with van der Waals surface area (Å²) in [6.45, 7) is 10.7. The SMILES string of the molecule is CC1=Cc2cc3c(cc2CNC1)C=C(C(C)C)CNC3. The van der Waals surface area contributed by atoms with Gasteiger partial charge in [-0.3, -0.25) is 0 Å². The maximum absolute atomic E-state index is 3.56. The average Bonchev–Trinajstić information content (AvgIpc) is 2.70. The molecule has 0 unspecified atom stereocenters. The monoisotopic (exact) mass is 268 g/mol. The van der Waals surface area contributed by atoms with Crippen LogP contribution in [0.3, 0.4) is 0 Å². The minimum absolute atomic E-state index is 0.604. The molecule has 0 radical (unpaired) electrons. The lowest BCUT2D eigenvalue weighted by atomic mass is 9.95. The lowest BCUT2D eigenvalue weighted by molar-refractivity contribution is 0.672. The third-order valence-corrected chi connectivity index (χ3v) is 4.25. The Morgan fingerprint density at radius 2 is 1.45 bits per heavy atom. The minimum Gasteiger partial charge on any atom is -0.309 e. The second-order valence-corrected chi connectivity index (χ2v) is 6.32.